The number of aromatic hydroxyl groups is 1. The number of aromatic nitrogens is 2. The number of nitrogens with two attached hydrogens (primary N) is 1. The Hall–Kier alpha value is -3.02. The molecule has 2 heterocycles. The van der Waals surface area contributed by atoms with E-state index in [0.29, 0.717) is 11.5 Å². The molecule has 0 saturated carbocycles. The van der Waals surface area contributed by atoms with Gasteiger partial charge in [-0.2, -0.15) is 0 Å². The van der Waals surface area contributed by atoms with Crippen molar-refractivity contribution in [3.8, 4) is 5.75 Å². The number of hydrogen-bond acceptors (Lipinski definition) is 5. The molecule has 104 valence electrons. The van der Waals surface area contributed by atoms with Crippen molar-refractivity contribution < 1.29 is 5.11 Å². The molecular formula is C15H13N5O. The molecular weight excluding hydrogens is 266 g/mol. The van der Waals surface area contributed by atoms with Crippen molar-refractivity contribution in [2.45, 2.75) is 6.17 Å². The Balaban J connectivity index is 2.00. The van der Waals surface area contributed by atoms with Crippen molar-refractivity contribution in [3.05, 3.63) is 54.1 Å². The van der Waals surface area contributed by atoms with Gasteiger partial charge in [-0.3, -0.25) is 9.88 Å². The number of nitrogens with zero attached hydrogens (tertiary/aromatic N) is 3. The normalized spacial score (nSPS) is 17.1. The predicted octanol–water partition coefficient (Wildman–Crippen LogP) is 2.03. The summed E-state index contributed by atoms with van der Waals surface area (Å²) in [5.41, 5.74) is 8.33. The maximum absolute atomic E-state index is 10.1. The Kier molecular flexibility index (Phi) is 2.38. The number of aliphatic imine (C=N–C) groups is 1. The van der Waals surface area contributed by atoms with Gasteiger partial charge in [-0.25, -0.2) is 9.98 Å². The largest absolute Gasteiger partial charge is 0.508 e. The monoisotopic (exact) mass is 279 g/mol. The van der Waals surface area contributed by atoms with Crippen LogP contribution in [0, 0.1) is 0 Å². The summed E-state index contributed by atoms with van der Waals surface area (Å²) in [6, 6.07) is 14.9. The molecule has 0 bridgehead atoms. The van der Waals surface area contributed by atoms with Gasteiger partial charge in [-0.15, -0.1) is 0 Å². The van der Waals surface area contributed by atoms with E-state index in [9.17, 15) is 5.11 Å². The first kappa shape index (κ1) is 11.8. The van der Waals surface area contributed by atoms with Crippen LogP contribution in [-0.2, 0) is 0 Å². The van der Waals surface area contributed by atoms with Gasteiger partial charge in [0.15, 0.2) is 12.1 Å². The van der Waals surface area contributed by atoms with Crippen LogP contribution in [0.25, 0.3) is 11.0 Å². The van der Waals surface area contributed by atoms with Crippen LogP contribution in [-0.4, -0.2) is 20.6 Å². The standard InChI is InChI=1S/C15H13N5O/c16-14-18-13(9-5-1-4-8-12(9)21)20-11-7-3-2-6-10(11)17-15(20)19-14/h1-8,13,21H,(H3,16,17,18,19)/t13-/m1/s1. The highest BCUT2D eigenvalue weighted by atomic mass is 16.3. The summed E-state index contributed by atoms with van der Waals surface area (Å²) in [5, 5.41) is 13.1. The Labute approximate surface area is 120 Å². The number of anilines is 1. The third-order valence-electron chi connectivity index (χ3n) is 3.56. The van der Waals surface area contributed by atoms with E-state index in [2.05, 4.69) is 15.3 Å². The maximum Gasteiger partial charge on any atom is 0.212 e. The summed E-state index contributed by atoms with van der Waals surface area (Å²) in [6.45, 7) is 0. The number of imidazole rings is 1. The van der Waals surface area contributed by atoms with E-state index < -0.39 is 6.17 Å². The Morgan fingerprint density at radius 3 is 2.71 bits per heavy atom. The molecule has 0 saturated heterocycles. The minimum atomic E-state index is -0.435. The maximum atomic E-state index is 10.1. The van der Waals surface area contributed by atoms with Crippen molar-refractivity contribution >= 4 is 22.9 Å². The number of guanidine groups is 1. The first-order chi connectivity index (χ1) is 10.2. The van der Waals surface area contributed by atoms with E-state index in [0.717, 1.165) is 11.0 Å². The van der Waals surface area contributed by atoms with Gasteiger partial charge >= 0.3 is 0 Å². The fourth-order valence-electron chi connectivity index (χ4n) is 2.63. The molecule has 0 spiro atoms. The Morgan fingerprint density at radius 1 is 1.10 bits per heavy atom. The summed E-state index contributed by atoms with van der Waals surface area (Å²) in [5.74, 6) is 1.09. The fourth-order valence-corrected chi connectivity index (χ4v) is 2.63. The number of phenols is 1. The van der Waals surface area contributed by atoms with Crippen molar-refractivity contribution in [2.75, 3.05) is 5.32 Å². The minimum Gasteiger partial charge on any atom is -0.508 e. The molecule has 1 aliphatic heterocycles. The van der Waals surface area contributed by atoms with Gasteiger partial charge in [0, 0.05) is 5.56 Å². The lowest BCUT2D eigenvalue weighted by atomic mass is 10.1. The second-order valence-corrected chi connectivity index (χ2v) is 4.87. The SMILES string of the molecule is NC1=N[C@@H](c2ccccc2O)n2c(nc3ccccc32)N1. The van der Waals surface area contributed by atoms with Crippen molar-refractivity contribution in [2.24, 2.45) is 10.7 Å². The fraction of sp³-hybridized carbons (Fsp3) is 0.0667. The topological polar surface area (TPSA) is 88.5 Å². The predicted molar refractivity (Wildman–Crippen MR) is 81.2 cm³/mol. The quantitative estimate of drug-likeness (QED) is 0.636. The molecule has 1 atom stereocenters. The lowest BCUT2D eigenvalue weighted by molar-refractivity contribution is 0.456. The summed E-state index contributed by atoms with van der Waals surface area (Å²) in [4.78, 5) is 8.94. The van der Waals surface area contributed by atoms with Crippen LogP contribution in [0.1, 0.15) is 11.7 Å². The van der Waals surface area contributed by atoms with Crippen LogP contribution in [0.4, 0.5) is 5.95 Å². The average Bonchev–Trinajstić information content (AvgIpc) is 2.85. The van der Waals surface area contributed by atoms with Gasteiger partial charge in [0.1, 0.15) is 5.75 Å². The van der Waals surface area contributed by atoms with Gasteiger partial charge in [0.25, 0.3) is 0 Å². The minimum absolute atomic E-state index is 0.185. The number of nitrogens with one attached hydrogen (secondary N) is 1. The van der Waals surface area contributed by atoms with Crippen LogP contribution in [0.2, 0.25) is 0 Å². The van der Waals surface area contributed by atoms with Gasteiger partial charge in [0.2, 0.25) is 5.95 Å². The van der Waals surface area contributed by atoms with E-state index in [1.165, 1.54) is 0 Å². The third-order valence-corrected chi connectivity index (χ3v) is 3.56. The highest BCUT2D eigenvalue weighted by Gasteiger charge is 2.26. The molecule has 0 aliphatic carbocycles. The highest BCUT2D eigenvalue weighted by Crippen LogP contribution is 2.35. The van der Waals surface area contributed by atoms with Crippen LogP contribution < -0.4 is 11.1 Å². The molecule has 2 aromatic carbocycles. The number of hydrogen-bond donors (Lipinski definition) is 3. The zero-order valence-corrected chi connectivity index (χ0v) is 11.1. The molecule has 6 nitrogen and oxygen atoms in total. The zero-order valence-electron chi connectivity index (χ0n) is 11.1. The molecule has 21 heavy (non-hydrogen) atoms. The first-order valence-electron chi connectivity index (χ1n) is 6.59. The van der Waals surface area contributed by atoms with Crippen molar-refractivity contribution in [1.29, 1.82) is 0 Å². The number of benzene rings is 2. The van der Waals surface area contributed by atoms with Crippen molar-refractivity contribution in [1.82, 2.24) is 9.55 Å². The van der Waals surface area contributed by atoms with E-state index in [-0.39, 0.29) is 11.7 Å². The van der Waals surface area contributed by atoms with Gasteiger partial charge in [-0.1, -0.05) is 30.3 Å². The molecule has 4 rings (SSSR count). The van der Waals surface area contributed by atoms with E-state index in [1.54, 1.807) is 12.1 Å². The van der Waals surface area contributed by atoms with Crippen LogP contribution in [0.15, 0.2) is 53.5 Å². The molecule has 0 amide bonds. The van der Waals surface area contributed by atoms with Gasteiger partial charge in [0.05, 0.1) is 11.0 Å². The Bertz CT molecular complexity index is 867. The van der Waals surface area contributed by atoms with Crippen molar-refractivity contribution in [3.63, 3.8) is 0 Å². The van der Waals surface area contributed by atoms with E-state index in [1.807, 2.05) is 41.0 Å². The highest BCUT2D eigenvalue weighted by molar-refractivity contribution is 5.94. The summed E-state index contributed by atoms with van der Waals surface area (Å²) in [7, 11) is 0. The molecule has 1 aromatic heterocycles. The third kappa shape index (κ3) is 1.73. The number of para-hydroxylation sites is 3. The van der Waals surface area contributed by atoms with Crippen LogP contribution >= 0.6 is 0 Å². The molecule has 4 N–H and O–H groups in total. The molecule has 0 unspecified atom stereocenters. The smallest absolute Gasteiger partial charge is 0.212 e. The molecule has 0 fully saturated rings. The molecule has 1 aliphatic rings. The van der Waals surface area contributed by atoms with Gasteiger partial charge in [-0.05, 0) is 18.2 Å². The lowest BCUT2D eigenvalue weighted by Gasteiger charge is -2.24. The summed E-state index contributed by atoms with van der Waals surface area (Å²) in [6.07, 6.45) is -0.435. The van der Waals surface area contributed by atoms with Crippen LogP contribution in [0.3, 0.4) is 0 Å². The second-order valence-electron chi connectivity index (χ2n) is 4.87. The average molecular weight is 279 g/mol. The number of fused-ring (bicyclic) bond motifs is 3. The Morgan fingerprint density at radius 2 is 1.86 bits per heavy atom. The second kappa shape index (κ2) is 4.24. The molecule has 6 heteroatoms. The lowest BCUT2D eigenvalue weighted by Crippen LogP contribution is -2.31. The van der Waals surface area contributed by atoms with E-state index in [4.69, 9.17) is 5.73 Å². The molecule has 0 radical (unpaired) electrons. The van der Waals surface area contributed by atoms with E-state index >= 15 is 0 Å². The number of rotatable bonds is 1. The molecule has 3 aromatic rings. The summed E-state index contributed by atoms with van der Waals surface area (Å²) < 4.78 is 1.93. The summed E-state index contributed by atoms with van der Waals surface area (Å²) >= 11 is 0. The van der Waals surface area contributed by atoms with Crippen LogP contribution in [0.5, 0.6) is 5.75 Å². The zero-order chi connectivity index (χ0) is 14.4. The first-order valence-corrected chi connectivity index (χ1v) is 6.59. The van der Waals surface area contributed by atoms with Gasteiger partial charge < -0.3 is 10.8 Å². The number of phenolic OH excluding ortho intramolecular Hbond substituents is 1.